The first-order chi connectivity index (χ1) is 8.07. The lowest BCUT2D eigenvalue weighted by Gasteiger charge is -2.18. The summed E-state index contributed by atoms with van der Waals surface area (Å²) in [7, 11) is 1.79. The first-order valence-corrected chi connectivity index (χ1v) is 6.25. The first-order valence-electron chi connectivity index (χ1n) is 5.87. The first kappa shape index (κ1) is 13.8. The van der Waals surface area contributed by atoms with Crippen molar-refractivity contribution in [1.29, 1.82) is 0 Å². The number of unbranched alkanes of at least 4 members (excludes halogenated alkanes) is 2. The molecule has 0 aliphatic carbocycles. The SMILES string of the molecule is CCCCCN(C)C(=O)c1cccc(N)c1Cl. The van der Waals surface area contributed by atoms with Gasteiger partial charge in [-0.05, 0) is 18.6 Å². The van der Waals surface area contributed by atoms with E-state index in [0.717, 1.165) is 25.8 Å². The molecular weight excluding hydrogens is 236 g/mol. The van der Waals surface area contributed by atoms with Crippen LogP contribution in [0.1, 0.15) is 36.5 Å². The van der Waals surface area contributed by atoms with Gasteiger partial charge in [0, 0.05) is 13.6 Å². The number of benzene rings is 1. The smallest absolute Gasteiger partial charge is 0.255 e. The molecular formula is C13H19ClN2O. The number of hydrogen-bond donors (Lipinski definition) is 1. The van der Waals surface area contributed by atoms with E-state index in [1.807, 2.05) is 0 Å². The Morgan fingerprint density at radius 1 is 1.41 bits per heavy atom. The van der Waals surface area contributed by atoms with Crippen LogP contribution in [0.25, 0.3) is 0 Å². The maximum absolute atomic E-state index is 12.1. The minimum atomic E-state index is -0.0709. The van der Waals surface area contributed by atoms with Crippen molar-refractivity contribution < 1.29 is 4.79 Å². The molecule has 0 saturated carbocycles. The number of nitrogen functional groups attached to an aromatic ring is 1. The van der Waals surface area contributed by atoms with Crippen LogP contribution in [0.3, 0.4) is 0 Å². The lowest BCUT2D eigenvalue weighted by atomic mass is 10.1. The quantitative estimate of drug-likeness (QED) is 0.648. The van der Waals surface area contributed by atoms with Crippen molar-refractivity contribution in [3.05, 3.63) is 28.8 Å². The van der Waals surface area contributed by atoms with Crippen LogP contribution < -0.4 is 5.73 Å². The molecule has 0 aliphatic heterocycles. The summed E-state index contributed by atoms with van der Waals surface area (Å²) in [4.78, 5) is 13.8. The van der Waals surface area contributed by atoms with E-state index >= 15 is 0 Å². The number of carbonyl (C=O) groups is 1. The number of nitrogens with zero attached hydrogens (tertiary/aromatic N) is 1. The number of nitrogens with two attached hydrogens (primary N) is 1. The van der Waals surface area contributed by atoms with Gasteiger partial charge in [-0.1, -0.05) is 37.4 Å². The molecule has 0 unspecified atom stereocenters. The topological polar surface area (TPSA) is 46.3 Å². The Bertz CT molecular complexity index is 393. The Morgan fingerprint density at radius 2 is 2.12 bits per heavy atom. The lowest BCUT2D eigenvalue weighted by Crippen LogP contribution is -2.28. The zero-order valence-electron chi connectivity index (χ0n) is 10.4. The second-order valence-corrected chi connectivity index (χ2v) is 4.52. The molecule has 0 bridgehead atoms. The molecule has 0 saturated heterocycles. The molecule has 0 aliphatic rings. The second kappa shape index (κ2) is 6.50. The van der Waals surface area contributed by atoms with Gasteiger partial charge in [0.05, 0.1) is 16.3 Å². The van der Waals surface area contributed by atoms with Crippen LogP contribution in [0.2, 0.25) is 5.02 Å². The molecule has 2 N–H and O–H groups in total. The molecule has 0 aromatic heterocycles. The second-order valence-electron chi connectivity index (χ2n) is 4.14. The zero-order valence-corrected chi connectivity index (χ0v) is 11.1. The number of anilines is 1. The minimum Gasteiger partial charge on any atom is -0.398 e. The molecule has 0 fully saturated rings. The summed E-state index contributed by atoms with van der Waals surface area (Å²) in [5, 5.41) is 0.347. The summed E-state index contributed by atoms with van der Waals surface area (Å²) in [5.74, 6) is -0.0709. The number of amides is 1. The van der Waals surface area contributed by atoms with E-state index in [2.05, 4.69) is 6.92 Å². The van der Waals surface area contributed by atoms with Gasteiger partial charge in [-0.25, -0.2) is 0 Å². The average molecular weight is 255 g/mol. The predicted molar refractivity (Wildman–Crippen MR) is 72.3 cm³/mol. The van der Waals surface area contributed by atoms with Crippen LogP contribution in [-0.2, 0) is 0 Å². The van der Waals surface area contributed by atoms with Gasteiger partial charge in [-0.3, -0.25) is 4.79 Å². The van der Waals surface area contributed by atoms with E-state index in [1.165, 1.54) is 0 Å². The van der Waals surface area contributed by atoms with Crippen LogP contribution >= 0.6 is 11.6 Å². The molecule has 0 heterocycles. The van der Waals surface area contributed by atoms with Gasteiger partial charge in [0.25, 0.3) is 5.91 Å². The maximum atomic E-state index is 12.1. The van der Waals surface area contributed by atoms with Gasteiger partial charge in [0.2, 0.25) is 0 Å². The highest BCUT2D eigenvalue weighted by atomic mass is 35.5. The monoisotopic (exact) mass is 254 g/mol. The molecule has 0 atom stereocenters. The molecule has 1 aromatic carbocycles. The third kappa shape index (κ3) is 3.63. The largest absolute Gasteiger partial charge is 0.398 e. The van der Waals surface area contributed by atoms with E-state index in [-0.39, 0.29) is 5.91 Å². The molecule has 0 spiro atoms. The van der Waals surface area contributed by atoms with E-state index in [1.54, 1.807) is 30.1 Å². The fourth-order valence-electron chi connectivity index (χ4n) is 1.62. The Morgan fingerprint density at radius 3 is 2.76 bits per heavy atom. The molecule has 1 aromatic rings. The minimum absolute atomic E-state index is 0.0709. The van der Waals surface area contributed by atoms with Crippen LogP contribution in [0.15, 0.2) is 18.2 Å². The summed E-state index contributed by atoms with van der Waals surface area (Å²) >= 11 is 6.02. The molecule has 1 amide bonds. The molecule has 1 rings (SSSR count). The van der Waals surface area contributed by atoms with Crippen LogP contribution in [-0.4, -0.2) is 24.4 Å². The van der Waals surface area contributed by atoms with E-state index in [9.17, 15) is 4.79 Å². The van der Waals surface area contributed by atoms with Gasteiger partial charge >= 0.3 is 0 Å². The van der Waals surface area contributed by atoms with Crippen molar-refractivity contribution in [3.63, 3.8) is 0 Å². The molecule has 3 nitrogen and oxygen atoms in total. The highest BCUT2D eigenvalue weighted by molar-refractivity contribution is 6.36. The Hall–Kier alpha value is -1.22. The standard InChI is InChI=1S/C13H19ClN2O/c1-3-4-5-9-16(2)13(17)10-7-6-8-11(15)12(10)14/h6-8H,3-5,9,15H2,1-2H3. The summed E-state index contributed by atoms with van der Waals surface area (Å²) in [6.45, 7) is 2.88. The Labute approximate surface area is 108 Å². The normalized spacial score (nSPS) is 10.3. The van der Waals surface area contributed by atoms with Crippen molar-refractivity contribution in [2.24, 2.45) is 0 Å². The van der Waals surface area contributed by atoms with Gasteiger partial charge < -0.3 is 10.6 Å². The van der Waals surface area contributed by atoms with Gasteiger partial charge in [0.15, 0.2) is 0 Å². The van der Waals surface area contributed by atoms with Gasteiger partial charge in [-0.2, -0.15) is 0 Å². The van der Waals surface area contributed by atoms with Crippen LogP contribution in [0.4, 0.5) is 5.69 Å². The molecule has 0 radical (unpaired) electrons. The molecule has 4 heteroatoms. The summed E-state index contributed by atoms with van der Waals surface area (Å²) < 4.78 is 0. The van der Waals surface area contributed by atoms with Gasteiger partial charge in [-0.15, -0.1) is 0 Å². The van der Waals surface area contributed by atoms with E-state index in [4.69, 9.17) is 17.3 Å². The number of rotatable bonds is 5. The number of carbonyl (C=O) groups excluding carboxylic acids is 1. The molecule has 94 valence electrons. The lowest BCUT2D eigenvalue weighted by molar-refractivity contribution is 0.0793. The molecule has 17 heavy (non-hydrogen) atoms. The Balaban J connectivity index is 2.71. The number of halogens is 1. The maximum Gasteiger partial charge on any atom is 0.255 e. The highest BCUT2D eigenvalue weighted by Gasteiger charge is 2.15. The number of hydrogen-bond acceptors (Lipinski definition) is 2. The van der Waals surface area contributed by atoms with E-state index < -0.39 is 0 Å². The summed E-state index contributed by atoms with van der Waals surface area (Å²) in [5.41, 5.74) is 6.60. The Kier molecular flexibility index (Phi) is 5.29. The van der Waals surface area contributed by atoms with Crippen LogP contribution in [0, 0.1) is 0 Å². The fourth-order valence-corrected chi connectivity index (χ4v) is 1.83. The van der Waals surface area contributed by atoms with Crippen LogP contribution in [0.5, 0.6) is 0 Å². The summed E-state index contributed by atoms with van der Waals surface area (Å²) in [6.07, 6.45) is 3.28. The van der Waals surface area contributed by atoms with Crippen molar-refractivity contribution in [3.8, 4) is 0 Å². The van der Waals surface area contributed by atoms with Gasteiger partial charge in [0.1, 0.15) is 0 Å². The van der Waals surface area contributed by atoms with Crippen molar-refractivity contribution in [2.75, 3.05) is 19.3 Å². The van der Waals surface area contributed by atoms with Crippen molar-refractivity contribution >= 4 is 23.2 Å². The predicted octanol–water partition coefficient (Wildman–Crippen LogP) is 3.18. The fraction of sp³-hybridized carbons (Fsp3) is 0.462. The third-order valence-electron chi connectivity index (χ3n) is 2.70. The average Bonchev–Trinajstić information content (AvgIpc) is 2.32. The van der Waals surface area contributed by atoms with Crippen molar-refractivity contribution in [2.45, 2.75) is 26.2 Å². The van der Waals surface area contributed by atoms with E-state index in [0.29, 0.717) is 16.3 Å². The zero-order chi connectivity index (χ0) is 12.8. The third-order valence-corrected chi connectivity index (χ3v) is 3.12. The summed E-state index contributed by atoms with van der Waals surface area (Å²) in [6, 6.07) is 5.14. The van der Waals surface area contributed by atoms with Crippen molar-refractivity contribution in [1.82, 2.24) is 4.90 Å². The highest BCUT2D eigenvalue weighted by Crippen LogP contribution is 2.24.